The van der Waals surface area contributed by atoms with Crippen molar-refractivity contribution in [3.8, 4) is 17.1 Å². The standard InChI is InChI=1S/C26H22N2O6/c1-3-33-25(31)19-17(23(29)27-21(19)15-11-7-5-8-12-15)18-20(26(32)34-4-2)22(28-24(18)30)16-13-9-6-10-14-16/h5-14,27,29H,3-4H2,1-2H3. The van der Waals surface area contributed by atoms with Gasteiger partial charge in [0.2, 0.25) is 0 Å². The summed E-state index contributed by atoms with van der Waals surface area (Å²) in [6.45, 7) is 3.42. The number of esters is 2. The number of aromatic hydroxyl groups is 1. The minimum absolute atomic E-state index is 0.0605. The van der Waals surface area contributed by atoms with E-state index >= 15 is 0 Å². The van der Waals surface area contributed by atoms with E-state index in [1.165, 1.54) is 0 Å². The first-order chi connectivity index (χ1) is 16.5. The van der Waals surface area contributed by atoms with E-state index in [4.69, 9.17) is 9.47 Å². The van der Waals surface area contributed by atoms with Crippen molar-refractivity contribution in [1.29, 1.82) is 0 Å². The highest BCUT2D eigenvalue weighted by molar-refractivity contribution is 6.47. The number of rotatable bonds is 7. The fourth-order valence-electron chi connectivity index (χ4n) is 3.84. The summed E-state index contributed by atoms with van der Waals surface area (Å²) in [5.41, 5.74) is 0.887. The van der Waals surface area contributed by atoms with Crippen LogP contribution in [0.4, 0.5) is 0 Å². The Hall–Kier alpha value is -4.46. The molecule has 4 rings (SSSR count). The van der Waals surface area contributed by atoms with Gasteiger partial charge in [-0.2, -0.15) is 0 Å². The first kappa shape index (κ1) is 22.7. The lowest BCUT2D eigenvalue weighted by molar-refractivity contribution is -0.137. The van der Waals surface area contributed by atoms with E-state index in [9.17, 15) is 19.5 Å². The van der Waals surface area contributed by atoms with Crippen molar-refractivity contribution in [2.24, 2.45) is 4.99 Å². The lowest BCUT2D eigenvalue weighted by Gasteiger charge is -2.10. The predicted molar refractivity (Wildman–Crippen MR) is 125 cm³/mol. The summed E-state index contributed by atoms with van der Waals surface area (Å²) in [4.78, 5) is 46.1. The Morgan fingerprint density at radius 2 is 1.44 bits per heavy atom. The number of amides is 1. The van der Waals surface area contributed by atoms with Crippen LogP contribution >= 0.6 is 0 Å². The highest BCUT2D eigenvalue weighted by atomic mass is 16.5. The number of aromatic nitrogens is 1. The van der Waals surface area contributed by atoms with Gasteiger partial charge in [0.25, 0.3) is 5.91 Å². The summed E-state index contributed by atoms with van der Waals surface area (Å²) < 4.78 is 10.5. The Morgan fingerprint density at radius 3 is 2.03 bits per heavy atom. The Bertz CT molecular complexity index is 1320. The van der Waals surface area contributed by atoms with Crippen molar-refractivity contribution in [3.05, 3.63) is 82.9 Å². The van der Waals surface area contributed by atoms with Crippen LogP contribution in [-0.4, -0.2) is 46.9 Å². The Kier molecular flexibility index (Phi) is 6.40. The summed E-state index contributed by atoms with van der Waals surface area (Å²) in [6.07, 6.45) is 0. The summed E-state index contributed by atoms with van der Waals surface area (Å²) in [6, 6.07) is 17.5. The number of H-pyrrole nitrogens is 1. The molecule has 2 N–H and O–H groups in total. The molecule has 34 heavy (non-hydrogen) atoms. The van der Waals surface area contributed by atoms with E-state index in [1.807, 2.05) is 0 Å². The first-order valence-corrected chi connectivity index (χ1v) is 10.8. The molecule has 0 spiro atoms. The summed E-state index contributed by atoms with van der Waals surface area (Å²) in [7, 11) is 0. The van der Waals surface area contributed by atoms with Gasteiger partial charge in [-0.15, -0.1) is 0 Å². The van der Waals surface area contributed by atoms with E-state index in [-0.39, 0.29) is 46.9 Å². The van der Waals surface area contributed by atoms with Gasteiger partial charge in [0.1, 0.15) is 0 Å². The van der Waals surface area contributed by atoms with Crippen LogP contribution in [0, 0.1) is 0 Å². The van der Waals surface area contributed by atoms with Crippen LogP contribution in [0.15, 0.2) is 71.2 Å². The predicted octanol–water partition coefficient (Wildman–Crippen LogP) is 3.91. The Morgan fingerprint density at radius 1 is 0.882 bits per heavy atom. The normalized spacial score (nSPS) is 13.1. The molecule has 3 aromatic rings. The number of carbonyl (C=O) groups excluding carboxylic acids is 3. The van der Waals surface area contributed by atoms with Crippen LogP contribution in [0.25, 0.3) is 16.8 Å². The number of hydrogen-bond acceptors (Lipinski definition) is 6. The number of benzene rings is 2. The molecule has 0 saturated carbocycles. The number of ether oxygens (including phenoxy) is 2. The fraction of sp³-hybridized carbons (Fsp3) is 0.154. The average molecular weight is 458 g/mol. The molecular formula is C26H22N2O6. The average Bonchev–Trinajstić information content (AvgIpc) is 3.37. The molecule has 0 saturated heterocycles. The Labute approximate surface area is 195 Å². The second-order valence-corrected chi connectivity index (χ2v) is 7.29. The first-order valence-electron chi connectivity index (χ1n) is 10.8. The Balaban J connectivity index is 2.02. The summed E-state index contributed by atoms with van der Waals surface area (Å²) >= 11 is 0. The fourth-order valence-corrected chi connectivity index (χ4v) is 3.84. The third kappa shape index (κ3) is 4.01. The molecule has 172 valence electrons. The van der Waals surface area contributed by atoms with E-state index in [0.717, 1.165) is 0 Å². The zero-order valence-electron chi connectivity index (χ0n) is 18.6. The maximum atomic E-state index is 13.2. The molecule has 0 unspecified atom stereocenters. The monoisotopic (exact) mass is 458 g/mol. The largest absolute Gasteiger partial charge is 0.494 e. The molecule has 1 amide bonds. The second-order valence-electron chi connectivity index (χ2n) is 7.29. The molecule has 0 fully saturated rings. The molecule has 1 aromatic heterocycles. The number of nitrogens with zero attached hydrogens (tertiary/aromatic N) is 1. The van der Waals surface area contributed by atoms with Gasteiger partial charge in [-0.1, -0.05) is 60.7 Å². The molecule has 8 nitrogen and oxygen atoms in total. The molecule has 1 aliphatic rings. The minimum atomic E-state index is -0.789. The number of aliphatic imine (C=N–C) groups is 1. The van der Waals surface area contributed by atoms with Gasteiger partial charge in [-0.25, -0.2) is 14.6 Å². The summed E-state index contributed by atoms with van der Waals surface area (Å²) in [5.74, 6) is -2.79. The lowest BCUT2D eigenvalue weighted by atomic mass is 9.93. The van der Waals surface area contributed by atoms with Crippen molar-refractivity contribution in [1.82, 2.24) is 4.98 Å². The van der Waals surface area contributed by atoms with Gasteiger partial charge in [-0.05, 0) is 19.4 Å². The molecule has 2 heterocycles. The molecule has 1 aliphatic heterocycles. The highest BCUT2D eigenvalue weighted by Gasteiger charge is 2.39. The van der Waals surface area contributed by atoms with Gasteiger partial charge >= 0.3 is 11.9 Å². The highest BCUT2D eigenvalue weighted by Crippen LogP contribution is 2.41. The smallest absolute Gasteiger partial charge is 0.341 e. The number of hydrogen-bond donors (Lipinski definition) is 2. The molecule has 8 heteroatoms. The van der Waals surface area contributed by atoms with E-state index in [2.05, 4.69) is 9.98 Å². The van der Waals surface area contributed by atoms with Crippen molar-refractivity contribution >= 4 is 29.1 Å². The molecule has 0 atom stereocenters. The van der Waals surface area contributed by atoms with Crippen LogP contribution < -0.4 is 0 Å². The SMILES string of the molecule is CCOC(=O)C1=C(c2c(O)[nH]c(-c3ccccc3)c2C(=O)OCC)C(=O)N=C1c1ccccc1. The van der Waals surface area contributed by atoms with Gasteiger partial charge in [-0.3, -0.25) is 4.79 Å². The quantitative estimate of drug-likeness (QED) is 0.518. The lowest BCUT2D eigenvalue weighted by Crippen LogP contribution is -2.17. The molecule has 0 aliphatic carbocycles. The van der Waals surface area contributed by atoms with Crippen LogP contribution in [0.2, 0.25) is 0 Å². The van der Waals surface area contributed by atoms with E-state index < -0.39 is 23.7 Å². The third-order valence-electron chi connectivity index (χ3n) is 5.21. The third-order valence-corrected chi connectivity index (χ3v) is 5.21. The van der Waals surface area contributed by atoms with Gasteiger partial charge in [0.15, 0.2) is 5.88 Å². The van der Waals surface area contributed by atoms with Crippen molar-refractivity contribution in [2.45, 2.75) is 13.8 Å². The molecule has 0 bridgehead atoms. The maximum Gasteiger partial charge on any atom is 0.341 e. The van der Waals surface area contributed by atoms with Crippen molar-refractivity contribution < 1.29 is 29.0 Å². The van der Waals surface area contributed by atoms with Gasteiger partial charge < -0.3 is 19.6 Å². The van der Waals surface area contributed by atoms with Crippen LogP contribution in [0.5, 0.6) is 5.88 Å². The summed E-state index contributed by atoms with van der Waals surface area (Å²) in [5, 5.41) is 10.9. The van der Waals surface area contributed by atoms with Crippen molar-refractivity contribution in [2.75, 3.05) is 13.2 Å². The molecule has 2 aromatic carbocycles. The van der Waals surface area contributed by atoms with Gasteiger partial charge in [0.05, 0.1) is 46.9 Å². The minimum Gasteiger partial charge on any atom is -0.494 e. The zero-order valence-corrected chi connectivity index (χ0v) is 18.6. The maximum absolute atomic E-state index is 13.2. The van der Waals surface area contributed by atoms with Gasteiger partial charge in [0, 0.05) is 5.56 Å². The van der Waals surface area contributed by atoms with Crippen LogP contribution in [-0.2, 0) is 19.1 Å². The molecular weight excluding hydrogens is 436 g/mol. The van der Waals surface area contributed by atoms with Crippen LogP contribution in [0.1, 0.15) is 35.3 Å². The second kappa shape index (κ2) is 9.58. The number of carbonyl (C=O) groups is 3. The topological polar surface area (TPSA) is 118 Å². The molecule has 0 radical (unpaired) electrons. The van der Waals surface area contributed by atoms with Crippen LogP contribution in [0.3, 0.4) is 0 Å². The number of aromatic amines is 1. The van der Waals surface area contributed by atoms with E-state index in [0.29, 0.717) is 11.1 Å². The number of nitrogens with one attached hydrogen (secondary N) is 1. The zero-order chi connectivity index (χ0) is 24.2. The van der Waals surface area contributed by atoms with Crippen molar-refractivity contribution in [3.63, 3.8) is 0 Å². The van der Waals surface area contributed by atoms with E-state index in [1.54, 1.807) is 74.5 Å².